The molecule has 2 heteroatoms. The highest BCUT2D eigenvalue weighted by atomic mass is 16.3. The third-order valence-electron chi connectivity index (χ3n) is 4.05. The maximum absolute atomic E-state index is 11.3. The predicted molar refractivity (Wildman–Crippen MR) is 58.1 cm³/mol. The third-order valence-corrected chi connectivity index (χ3v) is 4.05. The average Bonchev–Trinajstić information content (AvgIpc) is 2.22. The van der Waals surface area contributed by atoms with E-state index in [1.165, 1.54) is 0 Å². The van der Waals surface area contributed by atoms with Gasteiger partial charge in [0.15, 0.2) is 5.78 Å². The molecule has 0 unspecified atom stereocenters. The van der Waals surface area contributed by atoms with Gasteiger partial charge >= 0.3 is 0 Å². The summed E-state index contributed by atoms with van der Waals surface area (Å²) in [5, 5.41) is 10.4. The maximum atomic E-state index is 11.3. The van der Waals surface area contributed by atoms with Gasteiger partial charge in [0.1, 0.15) is 5.60 Å². The lowest BCUT2D eigenvalue weighted by molar-refractivity contribution is -0.117. The lowest BCUT2D eigenvalue weighted by Gasteiger charge is -2.48. The quantitative estimate of drug-likeness (QED) is 0.611. The van der Waals surface area contributed by atoms with Crippen molar-refractivity contribution in [3.8, 4) is 12.3 Å². The zero-order chi connectivity index (χ0) is 11.1. The van der Waals surface area contributed by atoms with E-state index in [2.05, 4.69) is 5.92 Å². The first-order chi connectivity index (χ1) is 7.02. The van der Waals surface area contributed by atoms with Crippen LogP contribution in [-0.2, 0) is 4.79 Å². The van der Waals surface area contributed by atoms with Crippen molar-refractivity contribution in [2.75, 3.05) is 0 Å². The van der Waals surface area contributed by atoms with Crippen molar-refractivity contribution >= 4 is 5.78 Å². The molecule has 0 saturated heterocycles. The van der Waals surface area contributed by atoms with Crippen LogP contribution >= 0.6 is 0 Å². The molecule has 15 heavy (non-hydrogen) atoms. The van der Waals surface area contributed by atoms with Gasteiger partial charge in [-0.1, -0.05) is 18.4 Å². The van der Waals surface area contributed by atoms with Crippen molar-refractivity contribution in [2.45, 2.75) is 44.6 Å². The summed E-state index contributed by atoms with van der Waals surface area (Å²) in [5.41, 5.74) is -0.392. The van der Waals surface area contributed by atoms with E-state index in [1.54, 1.807) is 6.08 Å². The van der Waals surface area contributed by atoms with Gasteiger partial charge in [0.2, 0.25) is 0 Å². The van der Waals surface area contributed by atoms with Crippen LogP contribution in [0.15, 0.2) is 11.6 Å². The van der Waals surface area contributed by atoms with Gasteiger partial charge in [0, 0.05) is 11.8 Å². The van der Waals surface area contributed by atoms with E-state index in [0.29, 0.717) is 19.3 Å². The first-order valence-electron chi connectivity index (χ1n) is 5.46. The predicted octanol–water partition coefficient (Wildman–Crippen LogP) is 1.83. The first kappa shape index (κ1) is 10.4. The fourth-order valence-corrected chi connectivity index (χ4v) is 2.82. The van der Waals surface area contributed by atoms with Crippen LogP contribution in [0.3, 0.4) is 0 Å². The molecule has 0 bridgehead atoms. The lowest BCUT2D eigenvalue weighted by atomic mass is 9.57. The fraction of sp³-hybridized carbons (Fsp3) is 0.615. The number of rotatable bonds is 0. The highest BCUT2D eigenvalue weighted by Gasteiger charge is 2.51. The number of carbonyl (C=O) groups excluding carboxylic acids is 1. The van der Waals surface area contributed by atoms with Gasteiger partial charge in [-0.3, -0.25) is 4.79 Å². The van der Waals surface area contributed by atoms with E-state index in [4.69, 9.17) is 6.42 Å². The molecule has 0 amide bonds. The summed E-state index contributed by atoms with van der Waals surface area (Å²) in [4.78, 5) is 11.3. The molecular formula is C13H16O2. The smallest absolute Gasteiger partial charge is 0.155 e. The first-order valence-corrected chi connectivity index (χ1v) is 5.46. The number of allylic oxidation sites excluding steroid dienone is 1. The molecule has 0 aromatic heterocycles. The molecule has 1 N–H and O–H groups in total. The standard InChI is InChI=1S/C13H16O2/c1-3-13(15)7-4-5-10-9-11(14)6-8-12(10,13)2/h1,9,15H,4-8H2,2H3/t12-,13+/m0/s1. The number of hydrogen-bond donors (Lipinski definition) is 1. The monoisotopic (exact) mass is 204 g/mol. The molecule has 2 aliphatic rings. The Bertz CT molecular complexity index is 374. The molecule has 2 atom stereocenters. The number of aliphatic hydroxyl groups is 1. The summed E-state index contributed by atoms with van der Waals surface area (Å²) in [6.07, 6.45) is 10.7. The SMILES string of the molecule is C#C[C@@]1(O)CCCC2=CC(=O)CC[C@@]21C. The topological polar surface area (TPSA) is 37.3 Å². The van der Waals surface area contributed by atoms with Crippen LogP contribution in [0.25, 0.3) is 0 Å². The molecule has 2 aliphatic carbocycles. The van der Waals surface area contributed by atoms with E-state index in [0.717, 1.165) is 18.4 Å². The van der Waals surface area contributed by atoms with E-state index in [-0.39, 0.29) is 11.2 Å². The van der Waals surface area contributed by atoms with Crippen molar-refractivity contribution in [3.05, 3.63) is 11.6 Å². The Morgan fingerprint density at radius 2 is 2.20 bits per heavy atom. The summed E-state index contributed by atoms with van der Waals surface area (Å²) >= 11 is 0. The number of carbonyl (C=O) groups is 1. The fourth-order valence-electron chi connectivity index (χ4n) is 2.82. The van der Waals surface area contributed by atoms with Gasteiger partial charge in [0.05, 0.1) is 0 Å². The Balaban J connectivity index is 2.48. The van der Waals surface area contributed by atoms with Gasteiger partial charge in [-0.15, -0.1) is 6.42 Å². The minimum atomic E-state index is -1.06. The number of terminal acetylenes is 1. The van der Waals surface area contributed by atoms with Crippen LogP contribution in [0.1, 0.15) is 39.0 Å². The molecule has 0 aromatic rings. The number of hydrogen-bond acceptors (Lipinski definition) is 2. The van der Waals surface area contributed by atoms with E-state index >= 15 is 0 Å². The molecule has 0 aromatic carbocycles. The maximum Gasteiger partial charge on any atom is 0.155 e. The van der Waals surface area contributed by atoms with Gasteiger partial charge in [0.25, 0.3) is 0 Å². The van der Waals surface area contributed by atoms with Gasteiger partial charge in [-0.2, -0.15) is 0 Å². The minimum Gasteiger partial charge on any atom is -0.377 e. The molecule has 0 aliphatic heterocycles. The van der Waals surface area contributed by atoms with Crippen LogP contribution in [0, 0.1) is 17.8 Å². The van der Waals surface area contributed by atoms with Crippen LogP contribution in [0.2, 0.25) is 0 Å². The number of fused-ring (bicyclic) bond motifs is 1. The van der Waals surface area contributed by atoms with E-state index in [1.807, 2.05) is 6.92 Å². The Morgan fingerprint density at radius 1 is 1.47 bits per heavy atom. The molecule has 0 spiro atoms. The van der Waals surface area contributed by atoms with Crippen LogP contribution < -0.4 is 0 Å². The molecule has 0 radical (unpaired) electrons. The van der Waals surface area contributed by atoms with Crippen LogP contribution in [-0.4, -0.2) is 16.5 Å². The van der Waals surface area contributed by atoms with Crippen molar-refractivity contribution < 1.29 is 9.90 Å². The average molecular weight is 204 g/mol. The Hall–Kier alpha value is -1.07. The van der Waals surface area contributed by atoms with Crippen LogP contribution in [0.5, 0.6) is 0 Å². The van der Waals surface area contributed by atoms with Crippen molar-refractivity contribution in [1.82, 2.24) is 0 Å². The summed E-state index contributed by atoms with van der Waals surface area (Å²) in [6, 6.07) is 0. The molecule has 2 nitrogen and oxygen atoms in total. The molecule has 80 valence electrons. The second-order valence-corrected chi connectivity index (χ2v) is 4.83. The minimum absolute atomic E-state index is 0.170. The Kier molecular flexibility index (Phi) is 2.24. The molecule has 0 heterocycles. The van der Waals surface area contributed by atoms with Gasteiger partial charge in [-0.05, 0) is 31.8 Å². The molecule has 2 rings (SSSR count). The lowest BCUT2D eigenvalue weighted by Crippen LogP contribution is -2.50. The van der Waals surface area contributed by atoms with Crippen LogP contribution in [0.4, 0.5) is 0 Å². The van der Waals surface area contributed by atoms with E-state index < -0.39 is 5.60 Å². The highest BCUT2D eigenvalue weighted by Crippen LogP contribution is 2.52. The second-order valence-electron chi connectivity index (χ2n) is 4.83. The van der Waals surface area contributed by atoms with Crippen molar-refractivity contribution in [3.63, 3.8) is 0 Å². The summed E-state index contributed by atoms with van der Waals surface area (Å²) in [7, 11) is 0. The highest BCUT2D eigenvalue weighted by molar-refractivity contribution is 5.91. The summed E-state index contributed by atoms with van der Waals surface area (Å²) < 4.78 is 0. The van der Waals surface area contributed by atoms with Gasteiger partial charge < -0.3 is 5.11 Å². The molecule has 1 fully saturated rings. The van der Waals surface area contributed by atoms with Gasteiger partial charge in [-0.25, -0.2) is 0 Å². The van der Waals surface area contributed by atoms with Crippen molar-refractivity contribution in [2.24, 2.45) is 5.41 Å². The normalized spacial score (nSPS) is 40.3. The Morgan fingerprint density at radius 3 is 2.87 bits per heavy atom. The summed E-state index contributed by atoms with van der Waals surface area (Å²) in [5.74, 6) is 2.71. The number of ketones is 1. The molecular weight excluding hydrogens is 188 g/mol. The largest absolute Gasteiger partial charge is 0.377 e. The molecule has 1 saturated carbocycles. The second kappa shape index (κ2) is 3.21. The third kappa shape index (κ3) is 1.34. The van der Waals surface area contributed by atoms with Crippen molar-refractivity contribution in [1.29, 1.82) is 0 Å². The van der Waals surface area contributed by atoms with E-state index in [9.17, 15) is 9.90 Å². The zero-order valence-corrected chi connectivity index (χ0v) is 9.05. The summed E-state index contributed by atoms with van der Waals surface area (Å²) in [6.45, 7) is 1.99. The zero-order valence-electron chi connectivity index (χ0n) is 9.05. The Labute approximate surface area is 90.4 Å².